The van der Waals surface area contributed by atoms with Crippen molar-refractivity contribution in [2.75, 3.05) is 0 Å². The van der Waals surface area contributed by atoms with Crippen LogP contribution in [0.5, 0.6) is 0 Å². The van der Waals surface area contributed by atoms with Gasteiger partial charge in [0.25, 0.3) is 0 Å². The van der Waals surface area contributed by atoms with Gasteiger partial charge >= 0.3 is 0 Å². The van der Waals surface area contributed by atoms with Crippen LogP contribution in [0, 0.1) is 5.92 Å². The zero-order valence-corrected chi connectivity index (χ0v) is 11.0. The molecule has 3 heteroatoms. The highest BCUT2D eigenvalue weighted by molar-refractivity contribution is 9.10. The van der Waals surface area contributed by atoms with Gasteiger partial charge in [-0.1, -0.05) is 40.2 Å². The first-order valence-corrected chi connectivity index (χ1v) is 6.75. The molecule has 2 aliphatic carbocycles. The van der Waals surface area contributed by atoms with Crippen LogP contribution in [0.4, 0.5) is 0 Å². The molecule has 0 spiro atoms. The van der Waals surface area contributed by atoms with Gasteiger partial charge in [0.2, 0.25) is 0 Å². The van der Waals surface area contributed by atoms with Crippen LogP contribution in [0.3, 0.4) is 0 Å². The molecule has 2 aliphatic rings. The predicted octanol–water partition coefficient (Wildman–Crippen LogP) is 3.39. The van der Waals surface area contributed by atoms with Crippen LogP contribution in [-0.2, 0) is 0 Å². The first kappa shape index (κ1) is 11.1. The summed E-state index contributed by atoms with van der Waals surface area (Å²) < 4.78 is -0.422. The second-order valence-electron chi connectivity index (χ2n) is 5.08. The molecule has 0 radical (unpaired) electrons. The van der Waals surface area contributed by atoms with Crippen LogP contribution in [0.2, 0.25) is 0 Å². The van der Waals surface area contributed by atoms with Gasteiger partial charge in [-0.25, -0.2) is 0 Å². The van der Waals surface area contributed by atoms with E-state index in [9.17, 15) is 9.59 Å². The molecule has 1 saturated carbocycles. The standard InChI is InChI=1S/C14H13BrO2/c15-14-6-5-9(8-14)7-12(16)10-3-1-2-4-11(10)13(14)17/h1-4,9H,5-8H2/t9-,14+/m1/s1. The number of carbonyl (C=O) groups is 2. The van der Waals surface area contributed by atoms with Crippen molar-refractivity contribution in [1.82, 2.24) is 0 Å². The molecule has 2 nitrogen and oxygen atoms in total. The van der Waals surface area contributed by atoms with Crippen molar-refractivity contribution in [2.45, 2.75) is 30.0 Å². The molecule has 0 unspecified atom stereocenters. The number of hydrogen-bond donors (Lipinski definition) is 0. The van der Waals surface area contributed by atoms with E-state index in [1.807, 2.05) is 12.1 Å². The molecule has 1 aromatic carbocycles. The molecule has 3 rings (SSSR count). The normalized spacial score (nSPS) is 31.9. The summed E-state index contributed by atoms with van der Waals surface area (Å²) in [6.45, 7) is 0. The van der Waals surface area contributed by atoms with Gasteiger partial charge in [0, 0.05) is 17.5 Å². The molecule has 0 amide bonds. The highest BCUT2D eigenvalue weighted by atomic mass is 79.9. The zero-order chi connectivity index (χ0) is 12.0. The Balaban J connectivity index is 2.18. The minimum Gasteiger partial charge on any atom is -0.294 e. The van der Waals surface area contributed by atoms with E-state index in [4.69, 9.17) is 0 Å². The fourth-order valence-electron chi connectivity index (χ4n) is 3.01. The number of rotatable bonds is 0. The molecule has 0 N–H and O–H groups in total. The molecule has 1 aromatic rings. The van der Waals surface area contributed by atoms with Crippen LogP contribution in [0.1, 0.15) is 46.4 Å². The lowest BCUT2D eigenvalue weighted by Gasteiger charge is -2.24. The predicted molar refractivity (Wildman–Crippen MR) is 68.7 cm³/mol. The molecular weight excluding hydrogens is 280 g/mol. The number of halogens is 1. The smallest absolute Gasteiger partial charge is 0.180 e. The van der Waals surface area contributed by atoms with E-state index in [0.29, 0.717) is 23.5 Å². The monoisotopic (exact) mass is 292 g/mol. The van der Waals surface area contributed by atoms with Gasteiger partial charge < -0.3 is 0 Å². The van der Waals surface area contributed by atoms with Crippen LogP contribution < -0.4 is 0 Å². The Bertz CT molecular complexity index is 509. The molecule has 0 saturated heterocycles. The largest absolute Gasteiger partial charge is 0.294 e. The summed E-state index contributed by atoms with van der Waals surface area (Å²) >= 11 is 3.62. The van der Waals surface area contributed by atoms with Crippen molar-refractivity contribution < 1.29 is 9.59 Å². The lowest BCUT2D eigenvalue weighted by atomic mass is 9.85. The van der Waals surface area contributed by atoms with Crippen molar-refractivity contribution in [3.05, 3.63) is 35.4 Å². The maximum Gasteiger partial charge on any atom is 0.180 e. The number of hydrogen-bond acceptors (Lipinski definition) is 2. The Morgan fingerprint density at radius 2 is 1.88 bits per heavy atom. The van der Waals surface area contributed by atoms with Crippen LogP contribution in [-0.4, -0.2) is 15.9 Å². The third-order valence-electron chi connectivity index (χ3n) is 3.91. The second kappa shape index (κ2) is 3.77. The zero-order valence-electron chi connectivity index (χ0n) is 9.41. The topological polar surface area (TPSA) is 34.1 Å². The first-order valence-electron chi connectivity index (χ1n) is 5.96. The number of benzene rings is 1. The third kappa shape index (κ3) is 1.68. The van der Waals surface area contributed by atoms with Crippen molar-refractivity contribution in [2.24, 2.45) is 5.92 Å². The molecule has 0 aromatic heterocycles. The molecule has 17 heavy (non-hydrogen) atoms. The average Bonchev–Trinajstić information content (AvgIpc) is 2.71. The van der Waals surface area contributed by atoms with E-state index in [1.54, 1.807) is 12.1 Å². The maximum atomic E-state index is 12.5. The lowest BCUT2D eigenvalue weighted by Crippen LogP contribution is -2.32. The Labute approximate surface area is 109 Å². The van der Waals surface area contributed by atoms with E-state index in [2.05, 4.69) is 15.9 Å². The van der Waals surface area contributed by atoms with Crippen molar-refractivity contribution >= 4 is 27.5 Å². The summed E-state index contributed by atoms with van der Waals surface area (Å²) in [4.78, 5) is 24.6. The number of Topliss-reactive ketones (excluding diaryl/α,β-unsaturated/α-hetero) is 2. The molecular formula is C14H13BrO2. The van der Waals surface area contributed by atoms with E-state index in [-0.39, 0.29) is 11.6 Å². The van der Waals surface area contributed by atoms with Gasteiger partial charge in [0.05, 0.1) is 4.32 Å². The molecule has 0 aliphatic heterocycles. The van der Waals surface area contributed by atoms with Crippen molar-refractivity contribution in [3.63, 3.8) is 0 Å². The minimum absolute atomic E-state index is 0.0867. The van der Waals surface area contributed by atoms with Gasteiger partial charge in [-0.15, -0.1) is 0 Å². The van der Waals surface area contributed by atoms with Crippen molar-refractivity contribution in [1.29, 1.82) is 0 Å². The van der Waals surface area contributed by atoms with Gasteiger partial charge in [-0.05, 0) is 25.2 Å². The number of fused-ring (bicyclic) bond motifs is 3. The number of carbonyl (C=O) groups excluding carboxylic acids is 2. The first-order chi connectivity index (χ1) is 8.10. The summed E-state index contributed by atoms with van der Waals surface area (Å²) in [5.41, 5.74) is 1.20. The molecule has 2 atom stereocenters. The van der Waals surface area contributed by atoms with Crippen LogP contribution >= 0.6 is 15.9 Å². The third-order valence-corrected chi connectivity index (χ3v) is 4.99. The van der Waals surface area contributed by atoms with E-state index >= 15 is 0 Å². The summed E-state index contributed by atoms with van der Waals surface area (Å²) in [6.07, 6.45) is 3.19. The Kier molecular flexibility index (Phi) is 2.47. The lowest BCUT2D eigenvalue weighted by molar-refractivity contribution is 0.0903. The van der Waals surface area contributed by atoms with Crippen molar-refractivity contribution in [3.8, 4) is 0 Å². The summed E-state index contributed by atoms with van der Waals surface area (Å²) in [6, 6.07) is 7.21. The van der Waals surface area contributed by atoms with Gasteiger partial charge in [0.1, 0.15) is 0 Å². The molecule has 1 fully saturated rings. The van der Waals surface area contributed by atoms with E-state index in [1.165, 1.54) is 0 Å². The Morgan fingerprint density at radius 1 is 1.18 bits per heavy atom. The Hall–Kier alpha value is -0.960. The van der Waals surface area contributed by atoms with Gasteiger partial charge in [0.15, 0.2) is 11.6 Å². The average molecular weight is 293 g/mol. The molecule has 0 heterocycles. The summed E-state index contributed by atoms with van der Waals surface area (Å²) in [5.74, 6) is 0.568. The van der Waals surface area contributed by atoms with Crippen LogP contribution in [0.25, 0.3) is 0 Å². The highest BCUT2D eigenvalue weighted by Crippen LogP contribution is 2.46. The Morgan fingerprint density at radius 3 is 2.65 bits per heavy atom. The minimum atomic E-state index is -0.422. The quantitative estimate of drug-likeness (QED) is 0.687. The summed E-state index contributed by atoms with van der Waals surface area (Å²) in [7, 11) is 0. The maximum absolute atomic E-state index is 12.5. The molecule has 88 valence electrons. The number of alkyl halides is 1. The SMILES string of the molecule is O=C1C[C@H]2CC[C@](Br)(C2)C(=O)c2ccccc21. The van der Waals surface area contributed by atoms with Gasteiger partial charge in [-0.2, -0.15) is 0 Å². The molecule has 2 bridgehead atoms. The van der Waals surface area contributed by atoms with E-state index in [0.717, 1.165) is 19.3 Å². The van der Waals surface area contributed by atoms with E-state index < -0.39 is 4.32 Å². The summed E-state index contributed by atoms with van der Waals surface area (Å²) in [5, 5.41) is 0. The van der Waals surface area contributed by atoms with Crippen LogP contribution in [0.15, 0.2) is 24.3 Å². The fraction of sp³-hybridized carbons (Fsp3) is 0.429. The highest BCUT2D eigenvalue weighted by Gasteiger charge is 2.46. The second-order valence-corrected chi connectivity index (χ2v) is 6.59. The number of ketones is 2. The fourth-order valence-corrected chi connectivity index (χ4v) is 3.91. The van der Waals surface area contributed by atoms with Gasteiger partial charge in [-0.3, -0.25) is 9.59 Å².